The lowest BCUT2D eigenvalue weighted by molar-refractivity contribution is 1.16. The van der Waals surface area contributed by atoms with Crippen LogP contribution >= 0.6 is 22.7 Å². The number of rotatable bonds is 3. The molecule has 0 aliphatic rings. The van der Waals surface area contributed by atoms with E-state index >= 15 is 0 Å². The Balaban J connectivity index is 1.78. The summed E-state index contributed by atoms with van der Waals surface area (Å²) >= 11 is 3.42. The normalized spacial score (nSPS) is 11.0. The van der Waals surface area contributed by atoms with Crippen LogP contribution in [0.1, 0.15) is 15.4 Å². The minimum absolute atomic E-state index is 0.796. The molecule has 0 fully saturated rings. The zero-order valence-corrected chi connectivity index (χ0v) is 11.9. The predicted molar refractivity (Wildman–Crippen MR) is 78.5 cm³/mol. The summed E-state index contributed by atoms with van der Waals surface area (Å²) in [5, 5.41) is 5.44. The summed E-state index contributed by atoms with van der Waals surface area (Å²) in [7, 11) is 0. The second-order valence-corrected chi connectivity index (χ2v) is 6.54. The van der Waals surface area contributed by atoms with Gasteiger partial charge in [0.25, 0.3) is 0 Å². The molecule has 3 nitrogen and oxygen atoms in total. The molecule has 18 heavy (non-hydrogen) atoms. The van der Waals surface area contributed by atoms with Gasteiger partial charge in [-0.25, -0.2) is 9.97 Å². The third-order valence-electron chi connectivity index (χ3n) is 2.63. The van der Waals surface area contributed by atoms with Crippen LogP contribution in [-0.4, -0.2) is 9.97 Å². The minimum atomic E-state index is 0.796. The van der Waals surface area contributed by atoms with E-state index in [1.165, 1.54) is 15.1 Å². The van der Waals surface area contributed by atoms with Crippen LogP contribution in [-0.2, 0) is 6.54 Å². The molecular weight excluding hydrogens is 262 g/mol. The van der Waals surface area contributed by atoms with Crippen molar-refractivity contribution in [1.29, 1.82) is 0 Å². The van der Waals surface area contributed by atoms with E-state index < -0.39 is 0 Å². The Bertz CT molecular complexity index is 684. The third-order valence-corrected chi connectivity index (χ3v) is 4.52. The molecule has 5 heteroatoms. The number of aryl methyl sites for hydroxylation is 2. The SMILES string of the molecule is Cc1ccc2nc(NCc3cnc(C)s3)sc2c1. The first-order valence-electron chi connectivity index (χ1n) is 5.73. The van der Waals surface area contributed by atoms with Crippen LogP contribution < -0.4 is 5.32 Å². The second kappa shape index (κ2) is 4.66. The quantitative estimate of drug-likeness (QED) is 0.785. The number of aromatic nitrogens is 2. The highest BCUT2D eigenvalue weighted by Gasteiger charge is 2.04. The molecule has 0 saturated carbocycles. The topological polar surface area (TPSA) is 37.8 Å². The van der Waals surface area contributed by atoms with Crippen LogP contribution in [0, 0.1) is 13.8 Å². The summed E-state index contributed by atoms with van der Waals surface area (Å²) in [6.45, 7) is 4.92. The van der Waals surface area contributed by atoms with E-state index in [2.05, 4.69) is 40.4 Å². The van der Waals surface area contributed by atoms with Crippen molar-refractivity contribution in [2.24, 2.45) is 0 Å². The Morgan fingerprint density at radius 1 is 1.22 bits per heavy atom. The van der Waals surface area contributed by atoms with Crippen molar-refractivity contribution in [2.45, 2.75) is 20.4 Å². The highest BCUT2D eigenvalue weighted by atomic mass is 32.1. The van der Waals surface area contributed by atoms with Gasteiger partial charge in [0.15, 0.2) is 5.13 Å². The van der Waals surface area contributed by atoms with E-state index in [-0.39, 0.29) is 0 Å². The lowest BCUT2D eigenvalue weighted by Crippen LogP contribution is -1.96. The average Bonchev–Trinajstić information content (AvgIpc) is 2.92. The van der Waals surface area contributed by atoms with Crippen molar-refractivity contribution in [2.75, 3.05) is 5.32 Å². The van der Waals surface area contributed by atoms with Crippen molar-refractivity contribution >= 4 is 38.0 Å². The molecular formula is C13H13N3S2. The van der Waals surface area contributed by atoms with Gasteiger partial charge >= 0.3 is 0 Å². The fourth-order valence-electron chi connectivity index (χ4n) is 1.76. The molecule has 0 aliphatic heterocycles. The lowest BCUT2D eigenvalue weighted by Gasteiger charge is -1.97. The largest absolute Gasteiger partial charge is 0.357 e. The number of nitrogens with zero attached hydrogens (tertiary/aromatic N) is 2. The molecule has 2 heterocycles. The fraction of sp³-hybridized carbons (Fsp3) is 0.231. The standard InChI is InChI=1S/C13H13N3S2/c1-8-3-4-11-12(5-8)18-13(16-11)15-7-10-6-14-9(2)17-10/h3-6H,7H2,1-2H3,(H,15,16). The summed E-state index contributed by atoms with van der Waals surface area (Å²) in [6, 6.07) is 6.34. The number of fused-ring (bicyclic) bond motifs is 1. The fourth-order valence-corrected chi connectivity index (χ4v) is 3.45. The van der Waals surface area contributed by atoms with Gasteiger partial charge in [0.2, 0.25) is 0 Å². The van der Waals surface area contributed by atoms with Crippen molar-refractivity contribution in [3.63, 3.8) is 0 Å². The number of anilines is 1. The third kappa shape index (κ3) is 2.37. The van der Waals surface area contributed by atoms with Gasteiger partial charge in [-0.15, -0.1) is 11.3 Å². The maximum Gasteiger partial charge on any atom is 0.184 e. The van der Waals surface area contributed by atoms with Gasteiger partial charge in [-0.3, -0.25) is 0 Å². The summed E-state index contributed by atoms with van der Waals surface area (Å²) in [5.41, 5.74) is 2.34. The maximum absolute atomic E-state index is 4.57. The molecule has 0 amide bonds. The van der Waals surface area contributed by atoms with Crippen LogP contribution in [0.2, 0.25) is 0 Å². The van der Waals surface area contributed by atoms with Crippen LogP contribution in [0.25, 0.3) is 10.2 Å². The Morgan fingerprint density at radius 2 is 2.11 bits per heavy atom. The zero-order valence-electron chi connectivity index (χ0n) is 10.2. The molecule has 0 unspecified atom stereocenters. The summed E-state index contributed by atoms with van der Waals surface area (Å²) < 4.78 is 1.23. The van der Waals surface area contributed by atoms with E-state index in [0.29, 0.717) is 0 Å². The van der Waals surface area contributed by atoms with Crippen molar-refractivity contribution < 1.29 is 0 Å². The molecule has 92 valence electrons. The number of benzene rings is 1. The first-order chi connectivity index (χ1) is 8.70. The lowest BCUT2D eigenvalue weighted by atomic mass is 10.2. The van der Waals surface area contributed by atoms with Gasteiger partial charge < -0.3 is 5.32 Å². The van der Waals surface area contributed by atoms with E-state index in [9.17, 15) is 0 Å². The first-order valence-corrected chi connectivity index (χ1v) is 7.36. The van der Waals surface area contributed by atoms with E-state index in [1.54, 1.807) is 22.7 Å². The molecule has 0 aliphatic carbocycles. The average molecular weight is 275 g/mol. The number of hydrogen-bond donors (Lipinski definition) is 1. The molecule has 0 bridgehead atoms. The van der Waals surface area contributed by atoms with Crippen molar-refractivity contribution in [3.8, 4) is 0 Å². The summed E-state index contributed by atoms with van der Waals surface area (Å²) in [5.74, 6) is 0. The Kier molecular flexibility index (Phi) is 3.01. The highest BCUT2D eigenvalue weighted by Crippen LogP contribution is 2.27. The van der Waals surface area contributed by atoms with Gasteiger partial charge in [-0.2, -0.15) is 0 Å². The van der Waals surface area contributed by atoms with Crippen molar-refractivity contribution in [3.05, 3.63) is 39.8 Å². The Labute approximate surface area is 114 Å². The minimum Gasteiger partial charge on any atom is -0.357 e. The first kappa shape index (κ1) is 11.6. The van der Waals surface area contributed by atoms with Gasteiger partial charge in [0.1, 0.15) is 0 Å². The Hall–Kier alpha value is -1.46. The van der Waals surface area contributed by atoms with Crippen LogP contribution in [0.15, 0.2) is 24.4 Å². The smallest absolute Gasteiger partial charge is 0.184 e. The molecule has 3 aromatic rings. The number of nitrogens with one attached hydrogen (secondary N) is 1. The van der Waals surface area contributed by atoms with Gasteiger partial charge in [0.05, 0.1) is 21.8 Å². The Morgan fingerprint density at radius 3 is 2.89 bits per heavy atom. The predicted octanol–water partition coefficient (Wildman–Crippen LogP) is 3.98. The summed E-state index contributed by atoms with van der Waals surface area (Å²) in [6.07, 6.45) is 1.92. The van der Waals surface area contributed by atoms with Crippen LogP contribution in [0.3, 0.4) is 0 Å². The van der Waals surface area contributed by atoms with Gasteiger partial charge in [0, 0.05) is 11.1 Å². The molecule has 0 radical (unpaired) electrons. The zero-order chi connectivity index (χ0) is 12.5. The van der Waals surface area contributed by atoms with Crippen LogP contribution in [0.5, 0.6) is 0 Å². The van der Waals surface area contributed by atoms with Crippen molar-refractivity contribution in [1.82, 2.24) is 9.97 Å². The molecule has 0 spiro atoms. The second-order valence-electron chi connectivity index (χ2n) is 4.19. The molecule has 0 saturated heterocycles. The maximum atomic E-state index is 4.57. The van der Waals surface area contributed by atoms with E-state index in [0.717, 1.165) is 22.2 Å². The molecule has 1 N–H and O–H groups in total. The van der Waals surface area contributed by atoms with E-state index in [4.69, 9.17) is 0 Å². The molecule has 3 rings (SSSR count). The van der Waals surface area contributed by atoms with E-state index in [1.807, 2.05) is 13.1 Å². The highest BCUT2D eigenvalue weighted by molar-refractivity contribution is 7.22. The molecule has 1 aromatic carbocycles. The van der Waals surface area contributed by atoms with Crippen LogP contribution in [0.4, 0.5) is 5.13 Å². The number of hydrogen-bond acceptors (Lipinski definition) is 5. The molecule has 2 aromatic heterocycles. The number of thiazole rings is 2. The molecule has 0 atom stereocenters. The van der Waals surface area contributed by atoms with Gasteiger partial charge in [-0.05, 0) is 31.5 Å². The van der Waals surface area contributed by atoms with Gasteiger partial charge in [-0.1, -0.05) is 17.4 Å². The monoisotopic (exact) mass is 275 g/mol. The summed E-state index contributed by atoms with van der Waals surface area (Å²) in [4.78, 5) is 10.1.